The van der Waals surface area contributed by atoms with E-state index in [4.69, 9.17) is 9.84 Å². The van der Waals surface area contributed by atoms with E-state index < -0.39 is 23.5 Å². The van der Waals surface area contributed by atoms with Crippen LogP contribution in [0.3, 0.4) is 0 Å². The number of aryl methyl sites for hydroxylation is 1. The topological polar surface area (TPSA) is 98.5 Å². The molecule has 0 radical (unpaired) electrons. The fourth-order valence-corrected chi connectivity index (χ4v) is 4.14. The highest BCUT2D eigenvalue weighted by molar-refractivity contribution is 7.20. The van der Waals surface area contributed by atoms with Crippen LogP contribution in [-0.4, -0.2) is 32.7 Å². The molecule has 0 amide bonds. The van der Waals surface area contributed by atoms with Crippen LogP contribution in [0.2, 0.25) is 0 Å². The molecule has 1 fully saturated rings. The average molecular weight is 364 g/mol. The molecule has 1 aliphatic rings. The molecule has 0 aromatic carbocycles. The number of aliphatic carboxylic acids is 1. The molecule has 1 N–H and O–H groups in total. The first kappa shape index (κ1) is 17.6. The van der Waals surface area contributed by atoms with Crippen LogP contribution in [0, 0.1) is 6.92 Å². The van der Waals surface area contributed by atoms with Gasteiger partial charge in [0.15, 0.2) is 0 Å². The number of carbonyl (C=O) groups excluding carboxylic acids is 1. The van der Waals surface area contributed by atoms with Crippen molar-refractivity contribution < 1.29 is 19.4 Å². The van der Waals surface area contributed by atoms with Gasteiger partial charge in [0.25, 0.3) is 5.56 Å². The second-order valence-corrected chi connectivity index (χ2v) is 7.37. The van der Waals surface area contributed by atoms with Crippen LogP contribution in [0.4, 0.5) is 0 Å². The maximum absolute atomic E-state index is 12.6. The van der Waals surface area contributed by atoms with Crippen molar-refractivity contribution in [2.45, 2.75) is 58.1 Å². The Labute approximate surface area is 148 Å². The van der Waals surface area contributed by atoms with E-state index >= 15 is 0 Å². The van der Waals surface area contributed by atoms with Crippen LogP contribution in [-0.2, 0) is 9.53 Å². The Balaban J connectivity index is 1.96. The van der Waals surface area contributed by atoms with E-state index in [2.05, 4.69) is 4.98 Å². The molecular formula is C17H20N2O5S. The molecule has 1 unspecified atom stereocenters. The van der Waals surface area contributed by atoms with Crippen molar-refractivity contribution in [3.8, 4) is 0 Å². The van der Waals surface area contributed by atoms with Crippen LogP contribution in [0.25, 0.3) is 10.2 Å². The fourth-order valence-electron chi connectivity index (χ4n) is 3.11. The first-order valence-corrected chi connectivity index (χ1v) is 9.15. The number of nitrogens with zero attached hydrogens (tertiary/aromatic N) is 2. The molecule has 3 rings (SSSR count). The lowest BCUT2D eigenvalue weighted by molar-refractivity contribution is -0.140. The van der Waals surface area contributed by atoms with Crippen LogP contribution >= 0.6 is 11.3 Å². The minimum atomic E-state index is -1.12. The third kappa shape index (κ3) is 3.30. The SMILES string of the molecule is Cc1c(C(=O)OC2CCCCC2)sc2ncn(C(C)C(=O)O)c(=O)c12. The minimum Gasteiger partial charge on any atom is -0.480 e. The molecule has 0 saturated heterocycles. The summed E-state index contributed by atoms with van der Waals surface area (Å²) in [7, 11) is 0. The summed E-state index contributed by atoms with van der Waals surface area (Å²) >= 11 is 1.12. The lowest BCUT2D eigenvalue weighted by Crippen LogP contribution is -2.28. The van der Waals surface area contributed by atoms with Crippen LogP contribution < -0.4 is 5.56 Å². The normalized spacial score (nSPS) is 16.7. The number of fused-ring (bicyclic) bond motifs is 1. The van der Waals surface area contributed by atoms with Gasteiger partial charge in [-0.25, -0.2) is 14.6 Å². The average Bonchev–Trinajstić information content (AvgIpc) is 2.93. The van der Waals surface area contributed by atoms with Gasteiger partial charge in [-0.1, -0.05) is 6.42 Å². The van der Waals surface area contributed by atoms with E-state index in [0.717, 1.165) is 41.6 Å². The quantitative estimate of drug-likeness (QED) is 0.838. The number of carboxylic acid groups (broad SMARTS) is 1. The second kappa shape index (κ2) is 6.95. The zero-order valence-corrected chi connectivity index (χ0v) is 15.0. The lowest BCUT2D eigenvalue weighted by atomic mass is 9.98. The summed E-state index contributed by atoms with van der Waals surface area (Å²) in [6.07, 6.45) is 6.18. The van der Waals surface area contributed by atoms with E-state index in [0.29, 0.717) is 15.3 Å². The van der Waals surface area contributed by atoms with Gasteiger partial charge in [0.2, 0.25) is 0 Å². The number of hydrogen-bond donors (Lipinski definition) is 1. The molecular weight excluding hydrogens is 344 g/mol. The molecule has 2 heterocycles. The van der Waals surface area contributed by atoms with Gasteiger partial charge in [0, 0.05) is 0 Å². The first-order valence-electron chi connectivity index (χ1n) is 8.34. The van der Waals surface area contributed by atoms with Crippen molar-refractivity contribution >= 4 is 33.5 Å². The highest BCUT2D eigenvalue weighted by Crippen LogP contribution is 2.29. The first-order chi connectivity index (χ1) is 11.9. The Morgan fingerprint density at radius 1 is 1.36 bits per heavy atom. The van der Waals surface area contributed by atoms with Gasteiger partial charge in [0.1, 0.15) is 21.9 Å². The largest absolute Gasteiger partial charge is 0.480 e. The molecule has 0 aliphatic heterocycles. The Morgan fingerprint density at radius 2 is 2.04 bits per heavy atom. The summed E-state index contributed by atoms with van der Waals surface area (Å²) in [5, 5.41) is 9.41. The van der Waals surface area contributed by atoms with Crippen LogP contribution in [0.1, 0.15) is 60.3 Å². The smallest absolute Gasteiger partial charge is 0.348 e. The van der Waals surface area contributed by atoms with Crippen molar-refractivity contribution in [2.24, 2.45) is 0 Å². The highest BCUT2D eigenvalue weighted by atomic mass is 32.1. The molecule has 134 valence electrons. The van der Waals surface area contributed by atoms with Gasteiger partial charge >= 0.3 is 11.9 Å². The number of rotatable bonds is 4. The Hall–Kier alpha value is -2.22. The van der Waals surface area contributed by atoms with E-state index in [9.17, 15) is 14.4 Å². The summed E-state index contributed by atoms with van der Waals surface area (Å²) in [4.78, 5) is 41.2. The number of thiophene rings is 1. The summed E-state index contributed by atoms with van der Waals surface area (Å²) in [6, 6.07) is -1.03. The van der Waals surface area contributed by atoms with Gasteiger partial charge in [-0.15, -0.1) is 11.3 Å². The van der Waals surface area contributed by atoms with E-state index in [-0.39, 0.29) is 11.5 Å². The molecule has 2 aromatic heterocycles. The summed E-state index contributed by atoms with van der Waals surface area (Å²) in [5.41, 5.74) is 0.0515. The predicted molar refractivity (Wildman–Crippen MR) is 93.3 cm³/mol. The number of ether oxygens (including phenoxy) is 1. The monoisotopic (exact) mass is 364 g/mol. The Kier molecular flexibility index (Phi) is 4.89. The minimum absolute atomic E-state index is 0.0671. The van der Waals surface area contributed by atoms with E-state index in [1.54, 1.807) is 6.92 Å². The molecule has 1 aliphatic carbocycles. The predicted octanol–water partition coefficient (Wildman–Crippen LogP) is 2.90. The van der Waals surface area contributed by atoms with E-state index in [1.807, 2.05) is 0 Å². The number of esters is 1. The molecule has 0 spiro atoms. The molecule has 0 bridgehead atoms. The highest BCUT2D eigenvalue weighted by Gasteiger charge is 2.25. The third-order valence-corrected chi connectivity index (χ3v) is 5.84. The Morgan fingerprint density at radius 3 is 2.68 bits per heavy atom. The molecule has 1 atom stereocenters. The number of aromatic nitrogens is 2. The summed E-state index contributed by atoms with van der Waals surface area (Å²) < 4.78 is 6.65. The lowest BCUT2D eigenvalue weighted by Gasteiger charge is -2.21. The maximum atomic E-state index is 12.6. The van der Waals surface area contributed by atoms with Gasteiger partial charge < -0.3 is 9.84 Å². The van der Waals surface area contributed by atoms with E-state index in [1.165, 1.54) is 19.7 Å². The molecule has 2 aromatic rings. The summed E-state index contributed by atoms with van der Waals surface area (Å²) in [6.45, 7) is 3.09. The van der Waals surface area contributed by atoms with Crippen LogP contribution in [0.5, 0.6) is 0 Å². The van der Waals surface area contributed by atoms with Crippen molar-refractivity contribution in [3.05, 3.63) is 27.1 Å². The standard InChI is InChI=1S/C17H20N2O5S/c1-9-12-14(18-8-19(15(12)20)10(2)16(21)22)25-13(9)17(23)24-11-6-4-3-5-7-11/h8,10-11H,3-7H2,1-2H3,(H,21,22). The zero-order chi connectivity index (χ0) is 18.1. The fraction of sp³-hybridized carbons (Fsp3) is 0.529. The third-order valence-electron chi connectivity index (χ3n) is 4.66. The van der Waals surface area contributed by atoms with Gasteiger partial charge in [0.05, 0.1) is 11.7 Å². The number of carboxylic acids is 1. The number of hydrogen-bond acceptors (Lipinski definition) is 6. The second-order valence-electron chi connectivity index (χ2n) is 6.37. The van der Waals surface area contributed by atoms with Gasteiger partial charge in [-0.3, -0.25) is 9.36 Å². The van der Waals surface area contributed by atoms with Crippen molar-refractivity contribution in [1.82, 2.24) is 9.55 Å². The zero-order valence-electron chi connectivity index (χ0n) is 14.2. The molecule has 8 heteroatoms. The molecule has 7 nitrogen and oxygen atoms in total. The van der Waals surface area contributed by atoms with Crippen molar-refractivity contribution in [1.29, 1.82) is 0 Å². The van der Waals surface area contributed by atoms with Crippen LogP contribution in [0.15, 0.2) is 11.1 Å². The van der Waals surface area contributed by atoms with Gasteiger partial charge in [-0.2, -0.15) is 0 Å². The van der Waals surface area contributed by atoms with Crippen molar-refractivity contribution in [2.75, 3.05) is 0 Å². The van der Waals surface area contributed by atoms with Crippen molar-refractivity contribution in [3.63, 3.8) is 0 Å². The molecule has 25 heavy (non-hydrogen) atoms. The van der Waals surface area contributed by atoms with Gasteiger partial charge in [-0.05, 0) is 45.1 Å². The maximum Gasteiger partial charge on any atom is 0.348 e. The molecule has 1 saturated carbocycles. The number of carbonyl (C=O) groups is 2. The summed E-state index contributed by atoms with van der Waals surface area (Å²) in [5.74, 6) is -1.54. The Bertz CT molecular complexity index is 879.